The zero-order chi connectivity index (χ0) is 16.4. The third-order valence-electron chi connectivity index (χ3n) is 5.01. The topological polar surface area (TPSA) is 20.7 Å². The van der Waals surface area contributed by atoms with Crippen molar-refractivity contribution in [3.8, 4) is 5.69 Å². The molecule has 6 aromatic rings. The van der Waals surface area contributed by atoms with Crippen molar-refractivity contribution in [1.82, 2.24) is 9.55 Å². The van der Waals surface area contributed by atoms with E-state index in [0.717, 1.165) is 0 Å². The molecule has 0 saturated heterocycles. The molecule has 3 aromatic heterocycles. The zero-order valence-electron chi connectivity index (χ0n) is 13.4. The fourth-order valence-corrected chi connectivity index (χ4v) is 4.82. The first kappa shape index (κ1) is 13.3. The van der Waals surface area contributed by atoms with Crippen molar-refractivity contribution in [1.29, 1.82) is 0 Å². The van der Waals surface area contributed by atoms with Gasteiger partial charge in [0.05, 0.1) is 15.7 Å². The van der Waals surface area contributed by atoms with E-state index in [4.69, 9.17) is 0 Å². The Labute approximate surface area is 147 Å². The molecule has 118 valence electrons. The predicted octanol–water partition coefficient (Wildman–Crippen LogP) is 6.48. The Morgan fingerprint density at radius 1 is 0.680 bits per heavy atom. The average Bonchev–Trinajstić information content (AvgIpc) is 3.33. The second-order valence-corrected chi connectivity index (χ2v) is 7.31. The number of benzene rings is 3. The summed E-state index contributed by atoms with van der Waals surface area (Å²) in [6, 6.07) is 26.0. The predicted molar refractivity (Wildman–Crippen MR) is 108 cm³/mol. The number of fused-ring (bicyclic) bond motifs is 6. The molecule has 6 rings (SSSR count). The molecule has 0 aliphatic rings. The number of para-hydroxylation sites is 2. The van der Waals surface area contributed by atoms with E-state index >= 15 is 0 Å². The number of aromatic nitrogens is 2. The largest absolute Gasteiger partial charge is 0.354 e. The summed E-state index contributed by atoms with van der Waals surface area (Å²) >= 11 is 1.81. The molecule has 1 N–H and O–H groups in total. The monoisotopic (exact) mass is 338 g/mol. The molecule has 25 heavy (non-hydrogen) atoms. The van der Waals surface area contributed by atoms with E-state index in [9.17, 15) is 0 Å². The molecule has 0 aliphatic carbocycles. The van der Waals surface area contributed by atoms with Gasteiger partial charge in [0.15, 0.2) is 0 Å². The number of rotatable bonds is 1. The maximum atomic E-state index is 3.57. The number of H-pyrrole nitrogens is 1. The molecule has 0 bridgehead atoms. The third kappa shape index (κ3) is 1.73. The molecule has 0 atom stereocenters. The molecule has 0 radical (unpaired) electrons. The maximum absolute atomic E-state index is 3.57. The molecular weight excluding hydrogens is 324 g/mol. The fourth-order valence-electron chi connectivity index (χ4n) is 3.92. The lowest BCUT2D eigenvalue weighted by atomic mass is 10.1. The second-order valence-electron chi connectivity index (χ2n) is 6.39. The molecule has 2 nitrogen and oxygen atoms in total. The van der Waals surface area contributed by atoms with Gasteiger partial charge >= 0.3 is 0 Å². The summed E-state index contributed by atoms with van der Waals surface area (Å²) < 4.78 is 3.72. The van der Waals surface area contributed by atoms with Gasteiger partial charge in [-0.25, -0.2) is 0 Å². The normalized spacial score (nSPS) is 12.0. The number of hydrogen-bond acceptors (Lipinski definition) is 1. The van der Waals surface area contributed by atoms with E-state index in [1.807, 2.05) is 11.3 Å². The summed E-state index contributed by atoms with van der Waals surface area (Å²) in [6.45, 7) is 0. The Kier molecular flexibility index (Phi) is 2.52. The van der Waals surface area contributed by atoms with Crippen molar-refractivity contribution in [3.63, 3.8) is 0 Å². The second kappa shape index (κ2) is 4.74. The molecular formula is C22H14N2S. The average molecular weight is 338 g/mol. The van der Waals surface area contributed by atoms with Crippen molar-refractivity contribution in [2.45, 2.75) is 0 Å². The Hall–Kier alpha value is -3.04. The highest BCUT2D eigenvalue weighted by molar-refractivity contribution is 7.18. The lowest BCUT2D eigenvalue weighted by molar-refractivity contribution is 1.18. The van der Waals surface area contributed by atoms with Gasteiger partial charge in [0.25, 0.3) is 0 Å². The molecule has 3 aromatic carbocycles. The summed E-state index contributed by atoms with van der Waals surface area (Å²) in [4.78, 5) is 3.57. The highest BCUT2D eigenvalue weighted by Gasteiger charge is 2.15. The van der Waals surface area contributed by atoms with Crippen LogP contribution < -0.4 is 0 Å². The van der Waals surface area contributed by atoms with Gasteiger partial charge in [0.1, 0.15) is 0 Å². The van der Waals surface area contributed by atoms with Crippen molar-refractivity contribution < 1.29 is 0 Å². The van der Waals surface area contributed by atoms with Crippen LogP contribution in [0.2, 0.25) is 0 Å². The van der Waals surface area contributed by atoms with Crippen LogP contribution in [0.15, 0.2) is 78.2 Å². The van der Waals surface area contributed by atoms with Crippen LogP contribution in [0.4, 0.5) is 0 Å². The quantitative estimate of drug-likeness (QED) is 0.354. The van der Waals surface area contributed by atoms with Crippen LogP contribution in [-0.4, -0.2) is 9.55 Å². The Balaban J connectivity index is 1.85. The Morgan fingerprint density at radius 3 is 2.44 bits per heavy atom. The molecule has 0 spiro atoms. The zero-order valence-corrected chi connectivity index (χ0v) is 14.2. The lowest BCUT2D eigenvalue weighted by Gasteiger charge is -2.06. The van der Waals surface area contributed by atoms with Crippen LogP contribution in [0.5, 0.6) is 0 Å². The minimum atomic E-state index is 1.19. The van der Waals surface area contributed by atoms with Gasteiger partial charge in [-0.3, -0.25) is 0 Å². The summed E-state index contributed by atoms with van der Waals surface area (Å²) in [6.07, 6.45) is 0. The number of aromatic amines is 1. The van der Waals surface area contributed by atoms with Gasteiger partial charge in [-0.1, -0.05) is 36.4 Å². The summed E-state index contributed by atoms with van der Waals surface area (Å²) in [5.41, 5.74) is 6.15. The van der Waals surface area contributed by atoms with E-state index in [1.54, 1.807) is 0 Å². The third-order valence-corrected chi connectivity index (χ3v) is 5.94. The smallest absolute Gasteiger partial charge is 0.0648 e. The lowest BCUT2D eigenvalue weighted by Crippen LogP contribution is -1.92. The van der Waals surface area contributed by atoms with Crippen LogP contribution in [0.3, 0.4) is 0 Å². The first-order valence-electron chi connectivity index (χ1n) is 8.38. The van der Waals surface area contributed by atoms with E-state index in [1.165, 1.54) is 48.6 Å². The van der Waals surface area contributed by atoms with Crippen LogP contribution in [0, 0.1) is 0 Å². The van der Waals surface area contributed by atoms with Crippen LogP contribution in [0.25, 0.3) is 48.6 Å². The molecule has 0 saturated carbocycles. The summed E-state index contributed by atoms with van der Waals surface area (Å²) in [7, 11) is 0. The fraction of sp³-hybridized carbons (Fsp3) is 0. The highest BCUT2D eigenvalue weighted by atomic mass is 32.1. The standard InChI is InChI=1S/C22H14N2S/c1-2-6-14(7-3-1)24-20-10-11-25-22(20)17-12-19-16(13-21(17)24)15-8-4-5-9-18(15)23-19/h1-13,23H. The van der Waals surface area contributed by atoms with Gasteiger partial charge in [-0.15, -0.1) is 11.3 Å². The summed E-state index contributed by atoms with van der Waals surface area (Å²) in [5, 5.41) is 6.06. The van der Waals surface area contributed by atoms with Crippen molar-refractivity contribution in [3.05, 3.63) is 78.2 Å². The SMILES string of the molecule is c1ccc(-n2c3cc4c(cc3c3sccc32)[nH]c2ccccc24)cc1. The first-order chi connectivity index (χ1) is 12.4. The Bertz CT molecular complexity index is 1380. The van der Waals surface area contributed by atoms with Gasteiger partial charge < -0.3 is 9.55 Å². The van der Waals surface area contributed by atoms with Gasteiger partial charge in [-0.05, 0) is 41.8 Å². The summed E-state index contributed by atoms with van der Waals surface area (Å²) in [5.74, 6) is 0. The number of nitrogens with one attached hydrogen (secondary N) is 1. The van der Waals surface area contributed by atoms with E-state index in [0.29, 0.717) is 0 Å². The molecule has 3 heteroatoms. The van der Waals surface area contributed by atoms with Crippen molar-refractivity contribution in [2.24, 2.45) is 0 Å². The van der Waals surface area contributed by atoms with Gasteiger partial charge in [-0.2, -0.15) is 0 Å². The van der Waals surface area contributed by atoms with Crippen LogP contribution in [-0.2, 0) is 0 Å². The molecule has 0 fully saturated rings. The van der Waals surface area contributed by atoms with Crippen LogP contribution in [0.1, 0.15) is 0 Å². The van der Waals surface area contributed by atoms with Gasteiger partial charge in [0, 0.05) is 32.9 Å². The van der Waals surface area contributed by atoms with E-state index in [-0.39, 0.29) is 0 Å². The van der Waals surface area contributed by atoms with Crippen molar-refractivity contribution in [2.75, 3.05) is 0 Å². The number of nitrogens with zero attached hydrogens (tertiary/aromatic N) is 1. The maximum Gasteiger partial charge on any atom is 0.0648 e. The van der Waals surface area contributed by atoms with E-state index < -0.39 is 0 Å². The van der Waals surface area contributed by atoms with Crippen LogP contribution >= 0.6 is 11.3 Å². The number of thiophene rings is 1. The van der Waals surface area contributed by atoms with Gasteiger partial charge in [0.2, 0.25) is 0 Å². The minimum Gasteiger partial charge on any atom is -0.354 e. The first-order valence-corrected chi connectivity index (χ1v) is 9.26. The minimum absolute atomic E-state index is 1.19. The molecule has 0 amide bonds. The van der Waals surface area contributed by atoms with E-state index in [2.05, 4.69) is 87.7 Å². The molecule has 3 heterocycles. The number of hydrogen-bond donors (Lipinski definition) is 1. The Morgan fingerprint density at radius 2 is 1.52 bits per heavy atom. The van der Waals surface area contributed by atoms with Crippen molar-refractivity contribution >= 4 is 54.3 Å². The molecule has 0 unspecified atom stereocenters. The highest BCUT2D eigenvalue weighted by Crippen LogP contribution is 2.38. The molecule has 0 aliphatic heterocycles.